The van der Waals surface area contributed by atoms with Crippen molar-refractivity contribution in [3.05, 3.63) is 29.6 Å². The standard InChI is InChI=1S/C15H19FN2OS.ClH/c16-11-3-4-14-12(7-11)13(5-6-20-14)18-15(19)9-17-8-10-1-2-10;/h3-4,7,10,13,17H,1-2,5-6,8-9H2,(H,18,19);1H. The van der Waals surface area contributed by atoms with E-state index in [9.17, 15) is 9.18 Å². The van der Waals surface area contributed by atoms with Crippen LogP contribution in [0.25, 0.3) is 0 Å². The molecule has 1 amide bonds. The highest BCUT2D eigenvalue weighted by Crippen LogP contribution is 2.36. The summed E-state index contributed by atoms with van der Waals surface area (Å²) in [5.41, 5.74) is 0.914. The van der Waals surface area contributed by atoms with Crippen molar-refractivity contribution in [3.8, 4) is 0 Å². The average Bonchev–Trinajstić information content (AvgIpc) is 3.24. The van der Waals surface area contributed by atoms with E-state index in [4.69, 9.17) is 0 Å². The Labute approximate surface area is 134 Å². The second-order valence-electron chi connectivity index (χ2n) is 5.51. The number of nitrogens with one attached hydrogen (secondary N) is 2. The summed E-state index contributed by atoms with van der Waals surface area (Å²) < 4.78 is 13.4. The number of hydrogen-bond donors (Lipinski definition) is 2. The predicted octanol–water partition coefficient (Wildman–Crippen LogP) is 2.90. The lowest BCUT2D eigenvalue weighted by Crippen LogP contribution is -2.38. The number of carbonyl (C=O) groups excluding carboxylic acids is 1. The number of benzene rings is 1. The van der Waals surface area contributed by atoms with Crippen molar-refractivity contribution < 1.29 is 9.18 Å². The summed E-state index contributed by atoms with van der Waals surface area (Å²) in [6, 6.07) is 4.77. The lowest BCUT2D eigenvalue weighted by molar-refractivity contribution is -0.121. The van der Waals surface area contributed by atoms with Crippen LogP contribution in [-0.4, -0.2) is 24.7 Å². The molecule has 21 heavy (non-hydrogen) atoms. The fraction of sp³-hybridized carbons (Fsp3) is 0.533. The molecule has 2 aliphatic rings. The van der Waals surface area contributed by atoms with Gasteiger partial charge in [0, 0.05) is 10.6 Å². The molecule has 1 aromatic carbocycles. The molecule has 0 aromatic heterocycles. The Bertz CT molecular complexity index is 510. The highest BCUT2D eigenvalue weighted by atomic mass is 35.5. The fourth-order valence-corrected chi connectivity index (χ4v) is 3.58. The molecular formula is C15H20ClFN2OS. The molecule has 0 radical (unpaired) electrons. The van der Waals surface area contributed by atoms with Gasteiger partial charge in [-0.25, -0.2) is 4.39 Å². The molecule has 1 heterocycles. The first-order valence-corrected chi connectivity index (χ1v) is 8.13. The second kappa shape index (κ2) is 7.47. The second-order valence-corrected chi connectivity index (χ2v) is 6.65. The summed E-state index contributed by atoms with van der Waals surface area (Å²) in [4.78, 5) is 13.0. The Morgan fingerprint density at radius 3 is 2.90 bits per heavy atom. The van der Waals surface area contributed by atoms with Gasteiger partial charge in [0.1, 0.15) is 5.82 Å². The van der Waals surface area contributed by atoms with Crippen LogP contribution in [0.2, 0.25) is 0 Å². The van der Waals surface area contributed by atoms with Gasteiger partial charge in [0.25, 0.3) is 0 Å². The van der Waals surface area contributed by atoms with Crippen molar-refractivity contribution in [2.24, 2.45) is 5.92 Å². The molecule has 1 aliphatic carbocycles. The van der Waals surface area contributed by atoms with E-state index in [-0.39, 0.29) is 30.2 Å². The van der Waals surface area contributed by atoms with Gasteiger partial charge < -0.3 is 10.6 Å². The Morgan fingerprint density at radius 1 is 1.33 bits per heavy atom. The molecular weight excluding hydrogens is 311 g/mol. The Balaban J connectivity index is 0.00000161. The van der Waals surface area contributed by atoms with Crippen LogP contribution in [0.1, 0.15) is 30.9 Å². The third kappa shape index (κ3) is 4.59. The first-order valence-electron chi connectivity index (χ1n) is 7.14. The molecule has 1 aliphatic heterocycles. The van der Waals surface area contributed by atoms with E-state index in [0.717, 1.165) is 35.1 Å². The van der Waals surface area contributed by atoms with E-state index in [0.29, 0.717) is 6.54 Å². The average molecular weight is 331 g/mol. The molecule has 1 aromatic rings. The molecule has 116 valence electrons. The third-order valence-electron chi connectivity index (χ3n) is 3.76. The first-order chi connectivity index (χ1) is 9.72. The smallest absolute Gasteiger partial charge is 0.234 e. The van der Waals surface area contributed by atoms with E-state index in [2.05, 4.69) is 10.6 Å². The molecule has 0 bridgehead atoms. The van der Waals surface area contributed by atoms with Crippen molar-refractivity contribution in [1.82, 2.24) is 10.6 Å². The van der Waals surface area contributed by atoms with Gasteiger partial charge in [-0.3, -0.25) is 4.79 Å². The maximum absolute atomic E-state index is 13.4. The Hall–Kier alpha value is -0.780. The lowest BCUT2D eigenvalue weighted by atomic mass is 10.0. The normalized spacial score (nSPS) is 20.3. The maximum Gasteiger partial charge on any atom is 0.234 e. The molecule has 0 saturated heterocycles. The molecule has 1 atom stereocenters. The minimum Gasteiger partial charge on any atom is -0.348 e. The van der Waals surface area contributed by atoms with E-state index in [1.54, 1.807) is 23.9 Å². The van der Waals surface area contributed by atoms with E-state index in [1.807, 2.05) is 0 Å². The highest BCUT2D eigenvalue weighted by molar-refractivity contribution is 7.99. The van der Waals surface area contributed by atoms with Gasteiger partial charge in [-0.1, -0.05) is 0 Å². The maximum atomic E-state index is 13.4. The molecule has 1 fully saturated rings. The van der Waals surface area contributed by atoms with Gasteiger partial charge in [-0.05, 0) is 55.5 Å². The number of hydrogen-bond acceptors (Lipinski definition) is 3. The minimum atomic E-state index is -0.239. The van der Waals surface area contributed by atoms with Crippen LogP contribution < -0.4 is 10.6 Å². The van der Waals surface area contributed by atoms with Crippen molar-refractivity contribution in [3.63, 3.8) is 0 Å². The number of halogens is 2. The molecule has 2 N–H and O–H groups in total. The zero-order valence-corrected chi connectivity index (χ0v) is 13.4. The quantitative estimate of drug-likeness (QED) is 0.872. The predicted molar refractivity (Wildman–Crippen MR) is 85.5 cm³/mol. The van der Waals surface area contributed by atoms with Crippen LogP contribution in [0.3, 0.4) is 0 Å². The van der Waals surface area contributed by atoms with Crippen LogP contribution in [0.5, 0.6) is 0 Å². The van der Waals surface area contributed by atoms with Crippen molar-refractivity contribution in [1.29, 1.82) is 0 Å². The molecule has 0 spiro atoms. The van der Waals surface area contributed by atoms with Gasteiger partial charge in [-0.15, -0.1) is 24.2 Å². The molecule has 3 rings (SSSR count). The number of thioether (sulfide) groups is 1. The zero-order valence-electron chi connectivity index (χ0n) is 11.7. The first kappa shape index (κ1) is 16.6. The fourth-order valence-electron chi connectivity index (χ4n) is 2.47. The zero-order chi connectivity index (χ0) is 13.9. The molecule has 3 nitrogen and oxygen atoms in total. The van der Waals surface area contributed by atoms with Crippen LogP contribution in [0.15, 0.2) is 23.1 Å². The van der Waals surface area contributed by atoms with Crippen LogP contribution in [0, 0.1) is 11.7 Å². The summed E-state index contributed by atoms with van der Waals surface area (Å²) in [5.74, 6) is 1.48. The highest BCUT2D eigenvalue weighted by Gasteiger charge is 2.24. The Morgan fingerprint density at radius 2 is 2.14 bits per heavy atom. The number of carbonyl (C=O) groups is 1. The number of amides is 1. The summed E-state index contributed by atoms with van der Waals surface area (Å²) in [6.45, 7) is 1.28. The van der Waals surface area contributed by atoms with Gasteiger partial charge in [-0.2, -0.15) is 0 Å². The third-order valence-corrected chi connectivity index (χ3v) is 4.88. The van der Waals surface area contributed by atoms with E-state index >= 15 is 0 Å². The van der Waals surface area contributed by atoms with E-state index < -0.39 is 0 Å². The number of rotatable bonds is 5. The topological polar surface area (TPSA) is 41.1 Å². The van der Waals surface area contributed by atoms with Crippen LogP contribution in [0.4, 0.5) is 4.39 Å². The van der Waals surface area contributed by atoms with Crippen LogP contribution >= 0.6 is 24.2 Å². The van der Waals surface area contributed by atoms with Crippen molar-refractivity contribution >= 4 is 30.1 Å². The lowest BCUT2D eigenvalue weighted by Gasteiger charge is -2.26. The van der Waals surface area contributed by atoms with Gasteiger partial charge in [0.2, 0.25) is 5.91 Å². The number of fused-ring (bicyclic) bond motifs is 1. The summed E-state index contributed by atoms with van der Waals surface area (Å²) in [7, 11) is 0. The summed E-state index contributed by atoms with van der Waals surface area (Å²) >= 11 is 1.72. The summed E-state index contributed by atoms with van der Waals surface area (Å²) in [5, 5.41) is 6.20. The largest absolute Gasteiger partial charge is 0.348 e. The summed E-state index contributed by atoms with van der Waals surface area (Å²) in [6.07, 6.45) is 3.41. The van der Waals surface area contributed by atoms with Crippen molar-refractivity contribution in [2.45, 2.75) is 30.2 Å². The van der Waals surface area contributed by atoms with E-state index in [1.165, 1.54) is 18.9 Å². The van der Waals surface area contributed by atoms with Gasteiger partial charge >= 0.3 is 0 Å². The molecule has 1 saturated carbocycles. The van der Waals surface area contributed by atoms with Crippen LogP contribution in [-0.2, 0) is 4.79 Å². The van der Waals surface area contributed by atoms with Gasteiger partial charge in [0.15, 0.2) is 0 Å². The molecule has 1 unspecified atom stereocenters. The molecule has 6 heteroatoms. The Kier molecular flexibility index (Phi) is 5.90. The van der Waals surface area contributed by atoms with Crippen molar-refractivity contribution in [2.75, 3.05) is 18.8 Å². The SMILES string of the molecule is Cl.O=C(CNCC1CC1)NC1CCSc2ccc(F)cc21. The minimum absolute atomic E-state index is 0. The van der Waals surface area contributed by atoms with Gasteiger partial charge in [0.05, 0.1) is 12.6 Å². The monoisotopic (exact) mass is 330 g/mol.